The van der Waals surface area contributed by atoms with Gasteiger partial charge in [-0.1, -0.05) is 18.2 Å². The zero-order valence-electron chi connectivity index (χ0n) is 13.4. The molecule has 3 rings (SSSR count). The largest absolute Gasteiger partial charge is 0.326 e. The molecule has 0 aliphatic rings. The Morgan fingerprint density at radius 2 is 1.88 bits per heavy atom. The summed E-state index contributed by atoms with van der Waals surface area (Å²) in [6.45, 7) is 1.85. The number of anilines is 1. The first-order valence-corrected chi connectivity index (χ1v) is 7.59. The second kappa shape index (κ2) is 6.56. The van der Waals surface area contributed by atoms with Crippen molar-refractivity contribution in [3.05, 3.63) is 80.1 Å². The standard InChI is InChI=1S/C18H15N3O4/c1-11-8-17(22)20-16-10-13(4-7-15(11)16)19-18(23)9-12-2-5-14(6-3-12)21(24)25/h2-8,10H,9H2,1H3,(H,19,23)(H,20,22). The number of H-pyrrole nitrogens is 1. The first-order valence-electron chi connectivity index (χ1n) is 7.59. The van der Waals surface area contributed by atoms with E-state index in [1.165, 1.54) is 18.2 Å². The van der Waals surface area contributed by atoms with Gasteiger partial charge in [-0.15, -0.1) is 0 Å². The molecule has 0 unspecified atom stereocenters. The minimum atomic E-state index is -0.484. The number of pyridine rings is 1. The lowest BCUT2D eigenvalue weighted by Gasteiger charge is -2.08. The smallest absolute Gasteiger partial charge is 0.269 e. The molecule has 1 amide bonds. The topological polar surface area (TPSA) is 105 Å². The third-order valence-corrected chi connectivity index (χ3v) is 3.85. The van der Waals surface area contributed by atoms with Gasteiger partial charge in [0.05, 0.1) is 16.9 Å². The number of aryl methyl sites for hydroxylation is 1. The van der Waals surface area contributed by atoms with Crippen LogP contribution in [-0.4, -0.2) is 15.8 Å². The molecule has 0 fully saturated rings. The highest BCUT2D eigenvalue weighted by Crippen LogP contribution is 2.19. The van der Waals surface area contributed by atoms with Crippen molar-refractivity contribution in [3.63, 3.8) is 0 Å². The van der Waals surface area contributed by atoms with Crippen molar-refractivity contribution in [2.75, 3.05) is 5.32 Å². The zero-order chi connectivity index (χ0) is 18.0. The SMILES string of the molecule is Cc1cc(=O)[nH]c2cc(NC(=O)Cc3ccc([N+](=O)[O-])cc3)ccc12. The van der Waals surface area contributed by atoms with E-state index < -0.39 is 4.92 Å². The van der Waals surface area contributed by atoms with Crippen molar-refractivity contribution < 1.29 is 9.72 Å². The van der Waals surface area contributed by atoms with Crippen LogP contribution in [0.15, 0.2) is 53.3 Å². The van der Waals surface area contributed by atoms with Crippen LogP contribution >= 0.6 is 0 Å². The van der Waals surface area contributed by atoms with Crippen molar-refractivity contribution >= 4 is 28.2 Å². The normalized spacial score (nSPS) is 10.6. The minimum absolute atomic E-state index is 0.0157. The molecule has 1 aromatic heterocycles. The molecule has 0 radical (unpaired) electrons. The van der Waals surface area contributed by atoms with Crippen LogP contribution in [0, 0.1) is 17.0 Å². The molecule has 0 spiro atoms. The summed E-state index contributed by atoms with van der Waals surface area (Å²) in [6, 6.07) is 12.7. The molecule has 0 aliphatic heterocycles. The predicted molar refractivity (Wildman–Crippen MR) is 94.7 cm³/mol. The van der Waals surface area contributed by atoms with Gasteiger partial charge in [-0.05, 0) is 30.2 Å². The van der Waals surface area contributed by atoms with Crippen LogP contribution in [0.25, 0.3) is 10.9 Å². The fourth-order valence-corrected chi connectivity index (χ4v) is 2.64. The Labute approximate surface area is 142 Å². The van der Waals surface area contributed by atoms with Crippen molar-refractivity contribution in [2.24, 2.45) is 0 Å². The highest BCUT2D eigenvalue weighted by atomic mass is 16.6. The lowest BCUT2D eigenvalue weighted by molar-refractivity contribution is -0.384. The van der Waals surface area contributed by atoms with Crippen molar-refractivity contribution in [2.45, 2.75) is 13.3 Å². The molecule has 1 heterocycles. The van der Waals surface area contributed by atoms with Crippen LogP contribution in [0.3, 0.4) is 0 Å². The molecular weight excluding hydrogens is 322 g/mol. The number of carbonyl (C=O) groups is 1. The van der Waals surface area contributed by atoms with Crippen LogP contribution in [-0.2, 0) is 11.2 Å². The van der Waals surface area contributed by atoms with E-state index in [2.05, 4.69) is 10.3 Å². The van der Waals surface area contributed by atoms with Gasteiger partial charge in [0.25, 0.3) is 5.69 Å². The number of nitrogens with zero attached hydrogens (tertiary/aromatic N) is 1. The van der Waals surface area contributed by atoms with Gasteiger partial charge in [0, 0.05) is 29.3 Å². The third kappa shape index (κ3) is 3.72. The lowest BCUT2D eigenvalue weighted by Crippen LogP contribution is -2.14. The number of nitro groups is 1. The van der Waals surface area contributed by atoms with Crippen LogP contribution < -0.4 is 10.9 Å². The lowest BCUT2D eigenvalue weighted by atomic mass is 10.1. The molecule has 0 aliphatic carbocycles. The van der Waals surface area contributed by atoms with Crippen LogP contribution in [0.2, 0.25) is 0 Å². The van der Waals surface area contributed by atoms with Gasteiger partial charge in [0.1, 0.15) is 0 Å². The maximum absolute atomic E-state index is 12.2. The summed E-state index contributed by atoms with van der Waals surface area (Å²) < 4.78 is 0. The maximum Gasteiger partial charge on any atom is 0.269 e. The summed E-state index contributed by atoms with van der Waals surface area (Å²) in [7, 11) is 0. The average Bonchev–Trinajstić information content (AvgIpc) is 2.54. The Bertz CT molecular complexity index is 1020. The van der Waals surface area contributed by atoms with E-state index in [0.717, 1.165) is 10.9 Å². The summed E-state index contributed by atoms with van der Waals surface area (Å²) in [6.07, 6.45) is 0.0976. The van der Waals surface area contributed by atoms with Crippen molar-refractivity contribution in [3.8, 4) is 0 Å². The Morgan fingerprint density at radius 3 is 2.56 bits per heavy atom. The van der Waals surface area contributed by atoms with E-state index in [4.69, 9.17) is 0 Å². The Kier molecular flexibility index (Phi) is 4.30. The average molecular weight is 337 g/mol. The van der Waals surface area contributed by atoms with E-state index in [1.807, 2.05) is 13.0 Å². The number of fused-ring (bicyclic) bond motifs is 1. The van der Waals surface area contributed by atoms with Crippen LogP contribution in [0.5, 0.6) is 0 Å². The van der Waals surface area contributed by atoms with Gasteiger partial charge in [0.15, 0.2) is 0 Å². The molecular formula is C18H15N3O4. The molecule has 126 valence electrons. The Morgan fingerprint density at radius 1 is 1.16 bits per heavy atom. The number of aromatic nitrogens is 1. The predicted octanol–water partition coefficient (Wildman–Crippen LogP) is 2.93. The number of carbonyl (C=O) groups excluding carboxylic acids is 1. The Hall–Kier alpha value is -3.48. The first kappa shape index (κ1) is 16.4. The summed E-state index contributed by atoms with van der Waals surface area (Å²) >= 11 is 0. The second-order valence-corrected chi connectivity index (χ2v) is 5.73. The molecule has 0 atom stereocenters. The number of non-ortho nitro benzene ring substituents is 1. The molecule has 7 heteroatoms. The molecule has 7 nitrogen and oxygen atoms in total. The number of amides is 1. The van der Waals surface area contributed by atoms with E-state index >= 15 is 0 Å². The second-order valence-electron chi connectivity index (χ2n) is 5.73. The van der Waals surface area contributed by atoms with Gasteiger partial charge in [0.2, 0.25) is 11.5 Å². The minimum Gasteiger partial charge on any atom is -0.326 e. The maximum atomic E-state index is 12.2. The molecule has 0 bridgehead atoms. The van der Waals surface area contributed by atoms with E-state index in [-0.39, 0.29) is 23.6 Å². The summed E-state index contributed by atoms with van der Waals surface area (Å²) in [5.41, 5.74) is 2.55. The molecule has 0 saturated carbocycles. The van der Waals surface area contributed by atoms with Gasteiger partial charge in [-0.2, -0.15) is 0 Å². The first-order chi connectivity index (χ1) is 11.9. The Balaban J connectivity index is 1.75. The van der Waals surface area contributed by atoms with Crippen LogP contribution in [0.4, 0.5) is 11.4 Å². The summed E-state index contributed by atoms with van der Waals surface area (Å²) in [4.78, 5) is 36.6. The number of nitrogens with one attached hydrogen (secondary N) is 2. The quantitative estimate of drug-likeness (QED) is 0.564. The molecule has 3 aromatic rings. The highest BCUT2D eigenvalue weighted by Gasteiger charge is 2.08. The van der Waals surface area contributed by atoms with Gasteiger partial charge in [-0.3, -0.25) is 19.7 Å². The zero-order valence-corrected chi connectivity index (χ0v) is 13.4. The van der Waals surface area contributed by atoms with E-state index in [1.54, 1.807) is 24.3 Å². The summed E-state index contributed by atoms with van der Waals surface area (Å²) in [5.74, 6) is -0.247. The van der Waals surface area contributed by atoms with Gasteiger partial charge in [-0.25, -0.2) is 0 Å². The van der Waals surface area contributed by atoms with Crippen molar-refractivity contribution in [1.29, 1.82) is 0 Å². The number of hydrogen-bond donors (Lipinski definition) is 2. The molecule has 25 heavy (non-hydrogen) atoms. The van der Waals surface area contributed by atoms with Crippen molar-refractivity contribution in [1.82, 2.24) is 4.98 Å². The van der Waals surface area contributed by atoms with Gasteiger partial charge >= 0.3 is 0 Å². The molecule has 2 N–H and O–H groups in total. The molecule has 0 saturated heterocycles. The fourth-order valence-electron chi connectivity index (χ4n) is 2.64. The fraction of sp³-hybridized carbons (Fsp3) is 0.111. The monoisotopic (exact) mass is 337 g/mol. The third-order valence-electron chi connectivity index (χ3n) is 3.85. The number of benzene rings is 2. The van der Waals surface area contributed by atoms with E-state index in [9.17, 15) is 19.7 Å². The summed E-state index contributed by atoms with van der Waals surface area (Å²) in [5, 5.41) is 14.3. The number of nitro benzene ring substituents is 1. The van der Waals surface area contributed by atoms with E-state index in [0.29, 0.717) is 16.8 Å². The highest BCUT2D eigenvalue weighted by molar-refractivity contribution is 5.95. The number of rotatable bonds is 4. The van der Waals surface area contributed by atoms with Gasteiger partial charge < -0.3 is 10.3 Å². The number of aromatic amines is 1. The molecule has 2 aromatic carbocycles. The number of hydrogen-bond acceptors (Lipinski definition) is 4. The van der Waals surface area contributed by atoms with Crippen LogP contribution in [0.1, 0.15) is 11.1 Å².